The molecule has 2 amide bonds. The number of likely N-dealkylation sites (N-methyl/N-ethyl adjacent to an activating group) is 1. The summed E-state index contributed by atoms with van der Waals surface area (Å²) in [5.74, 6) is 0. The van der Waals surface area contributed by atoms with Crippen molar-refractivity contribution in [1.82, 2.24) is 15.1 Å². The first-order valence-corrected chi connectivity index (χ1v) is 6.92. The zero-order valence-corrected chi connectivity index (χ0v) is 11.6. The van der Waals surface area contributed by atoms with Gasteiger partial charge in [-0.1, -0.05) is 12.8 Å². The number of carbonyl (C=O) groups excluding carboxylic acids is 1. The molecule has 1 N–H and O–H groups in total. The Bertz CT molecular complexity index is 282. The maximum absolute atomic E-state index is 12.1. The largest absolute Gasteiger partial charge is 0.378 e. The summed E-state index contributed by atoms with van der Waals surface area (Å²) in [6.45, 7) is 3.50. The van der Waals surface area contributed by atoms with Gasteiger partial charge in [0.1, 0.15) is 0 Å². The third kappa shape index (κ3) is 2.95. The average molecular weight is 255 g/mol. The van der Waals surface area contributed by atoms with E-state index in [1.54, 1.807) is 0 Å². The second kappa shape index (κ2) is 5.89. The van der Waals surface area contributed by atoms with E-state index in [0.29, 0.717) is 26.3 Å². The molecule has 1 heterocycles. The molecule has 0 atom stereocenters. The standard InChI is InChI=1S/C13H25N3O2/c1-15(2)13(5-3-4-6-13)11-14-12(17)16-7-9-18-10-8-16/h3-11H2,1-2H3,(H,14,17). The predicted molar refractivity (Wildman–Crippen MR) is 70.7 cm³/mol. The first kappa shape index (κ1) is 13.6. The van der Waals surface area contributed by atoms with Gasteiger partial charge in [-0.05, 0) is 26.9 Å². The Morgan fingerprint density at radius 3 is 2.44 bits per heavy atom. The summed E-state index contributed by atoms with van der Waals surface area (Å²) >= 11 is 0. The molecule has 1 aliphatic carbocycles. The summed E-state index contributed by atoms with van der Waals surface area (Å²) in [6.07, 6.45) is 4.91. The highest BCUT2D eigenvalue weighted by molar-refractivity contribution is 5.74. The van der Waals surface area contributed by atoms with Gasteiger partial charge in [-0.3, -0.25) is 0 Å². The molecule has 5 nitrogen and oxygen atoms in total. The summed E-state index contributed by atoms with van der Waals surface area (Å²) in [5.41, 5.74) is 0.169. The van der Waals surface area contributed by atoms with Gasteiger partial charge in [0.05, 0.1) is 13.2 Å². The molecule has 18 heavy (non-hydrogen) atoms. The molecule has 0 unspecified atom stereocenters. The zero-order valence-electron chi connectivity index (χ0n) is 11.6. The van der Waals surface area contributed by atoms with Gasteiger partial charge in [-0.2, -0.15) is 0 Å². The lowest BCUT2D eigenvalue weighted by Crippen LogP contribution is -2.54. The SMILES string of the molecule is CN(C)C1(CNC(=O)N2CCOCC2)CCCC1. The smallest absolute Gasteiger partial charge is 0.317 e. The van der Waals surface area contributed by atoms with Crippen molar-refractivity contribution in [3.63, 3.8) is 0 Å². The maximum atomic E-state index is 12.1. The normalized spacial score (nSPS) is 23.4. The molecule has 0 aromatic rings. The molecule has 104 valence electrons. The molecule has 0 aromatic carbocycles. The van der Waals surface area contributed by atoms with Crippen LogP contribution in [0.1, 0.15) is 25.7 Å². The Labute approximate surface area is 109 Å². The topological polar surface area (TPSA) is 44.8 Å². The van der Waals surface area contributed by atoms with Crippen molar-refractivity contribution in [3.8, 4) is 0 Å². The van der Waals surface area contributed by atoms with Crippen LogP contribution in [-0.4, -0.2) is 68.3 Å². The molecule has 1 saturated carbocycles. The van der Waals surface area contributed by atoms with Gasteiger partial charge < -0.3 is 19.9 Å². The molecule has 2 aliphatic rings. The quantitative estimate of drug-likeness (QED) is 0.815. The summed E-state index contributed by atoms with van der Waals surface area (Å²) in [4.78, 5) is 16.2. The average Bonchev–Trinajstić information content (AvgIpc) is 2.87. The van der Waals surface area contributed by atoms with Crippen LogP contribution in [0.4, 0.5) is 4.79 Å². The Hall–Kier alpha value is -0.810. The van der Waals surface area contributed by atoms with Crippen LogP contribution in [0.25, 0.3) is 0 Å². The van der Waals surface area contributed by atoms with Gasteiger partial charge >= 0.3 is 6.03 Å². The van der Waals surface area contributed by atoms with E-state index in [9.17, 15) is 4.79 Å². The van der Waals surface area contributed by atoms with Crippen molar-refractivity contribution in [3.05, 3.63) is 0 Å². The van der Waals surface area contributed by atoms with Crippen molar-refractivity contribution in [1.29, 1.82) is 0 Å². The fraction of sp³-hybridized carbons (Fsp3) is 0.923. The maximum Gasteiger partial charge on any atom is 0.317 e. The molecule has 0 spiro atoms. The molecular weight excluding hydrogens is 230 g/mol. The van der Waals surface area contributed by atoms with Crippen LogP contribution in [-0.2, 0) is 4.74 Å². The van der Waals surface area contributed by atoms with E-state index in [0.717, 1.165) is 6.54 Å². The second-order valence-electron chi connectivity index (χ2n) is 5.58. The number of rotatable bonds is 3. The molecule has 2 fully saturated rings. The molecule has 2 rings (SSSR count). The van der Waals surface area contributed by atoms with Crippen molar-refractivity contribution in [2.75, 3.05) is 46.9 Å². The highest BCUT2D eigenvalue weighted by atomic mass is 16.5. The fourth-order valence-corrected chi connectivity index (χ4v) is 2.93. The number of hydrogen-bond donors (Lipinski definition) is 1. The van der Waals surface area contributed by atoms with Gasteiger partial charge in [0.2, 0.25) is 0 Å². The molecule has 0 bridgehead atoms. The molecule has 5 heteroatoms. The third-order valence-corrected chi connectivity index (χ3v) is 4.35. The van der Waals surface area contributed by atoms with Crippen molar-refractivity contribution < 1.29 is 9.53 Å². The van der Waals surface area contributed by atoms with Crippen LogP contribution in [0.15, 0.2) is 0 Å². The van der Waals surface area contributed by atoms with Crippen molar-refractivity contribution in [2.24, 2.45) is 0 Å². The van der Waals surface area contributed by atoms with Crippen molar-refractivity contribution in [2.45, 2.75) is 31.2 Å². The number of morpholine rings is 1. The highest BCUT2D eigenvalue weighted by Gasteiger charge is 2.36. The molecule has 0 aromatic heterocycles. The Balaban J connectivity index is 1.83. The third-order valence-electron chi connectivity index (χ3n) is 4.35. The van der Waals surface area contributed by atoms with E-state index in [2.05, 4.69) is 24.3 Å². The Kier molecular flexibility index (Phi) is 4.45. The molecule has 1 aliphatic heterocycles. The summed E-state index contributed by atoms with van der Waals surface area (Å²) in [5, 5.41) is 3.11. The first-order valence-electron chi connectivity index (χ1n) is 6.92. The molecular formula is C13H25N3O2. The number of nitrogens with one attached hydrogen (secondary N) is 1. The van der Waals surface area contributed by atoms with Crippen LogP contribution in [0.2, 0.25) is 0 Å². The van der Waals surface area contributed by atoms with E-state index in [1.165, 1.54) is 25.7 Å². The number of carbonyl (C=O) groups is 1. The number of nitrogens with zero attached hydrogens (tertiary/aromatic N) is 2. The van der Waals surface area contributed by atoms with Gasteiger partial charge in [0.25, 0.3) is 0 Å². The highest BCUT2D eigenvalue weighted by Crippen LogP contribution is 2.33. The number of amides is 2. The van der Waals surface area contributed by atoms with Crippen LogP contribution < -0.4 is 5.32 Å². The van der Waals surface area contributed by atoms with Crippen LogP contribution in [0.3, 0.4) is 0 Å². The monoisotopic (exact) mass is 255 g/mol. The Morgan fingerprint density at radius 1 is 1.28 bits per heavy atom. The van der Waals surface area contributed by atoms with Crippen molar-refractivity contribution >= 4 is 6.03 Å². The minimum absolute atomic E-state index is 0.0615. The van der Waals surface area contributed by atoms with E-state index in [4.69, 9.17) is 4.74 Å². The zero-order chi connectivity index (χ0) is 13.0. The van der Waals surface area contributed by atoms with Gasteiger partial charge in [0, 0.05) is 25.2 Å². The summed E-state index contributed by atoms with van der Waals surface area (Å²) < 4.78 is 5.26. The molecule has 0 radical (unpaired) electrons. The lowest BCUT2D eigenvalue weighted by Gasteiger charge is -2.37. The number of hydrogen-bond acceptors (Lipinski definition) is 3. The van der Waals surface area contributed by atoms with E-state index >= 15 is 0 Å². The number of urea groups is 1. The van der Waals surface area contributed by atoms with Gasteiger partial charge in [0.15, 0.2) is 0 Å². The second-order valence-corrected chi connectivity index (χ2v) is 5.58. The van der Waals surface area contributed by atoms with Crippen LogP contribution in [0, 0.1) is 0 Å². The minimum Gasteiger partial charge on any atom is -0.378 e. The first-order chi connectivity index (χ1) is 8.64. The van der Waals surface area contributed by atoms with Crippen LogP contribution >= 0.6 is 0 Å². The summed E-state index contributed by atoms with van der Waals surface area (Å²) in [7, 11) is 4.23. The Morgan fingerprint density at radius 2 is 1.89 bits per heavy atom. The lowest BCUT2D eigenvalue weighted by atomic mass is 9.96. The summed E-state index contributed by atoms with van der Waals surface area (Å²) in [6, 6.07) is 0.0615. The van der Waals surface area contributed by atoms with E-state index in [1.807, 2.05) is 4.90 Å². The minimum atomic E-state index is 0.0615. The van der Waals surface area contributed by atoms with Gasteiger partial charge in [-0.25, -0.2) is 4.79 Å². The van der Waals surface area contributed by atoms with Crippen LogP contribution in [0.5, 0.6) is 0 Å². The lowest BCUT2D eigenvalue weighted by molar-refractivity contribution is 0.0517. The number of ether oxygens (including phenoxy) is 1. The predicted octanol–water partition coefficient (Wildman–Crippen LogP) is 0.903. The molecule has 1 saturated heterocycles. The fourth-order valence-electron chi connectivity index (χ4n) is 2.93. The van der Waals surface area contributed by atoms with E-state index in [-0.39, 0.29) is 11.6 Å². The van der Waals surface area contributed by atoms with Gasteiger partial charge in [-0.15, -0.1) is 0 Å². The van der Waals surface area contributed by atoms with E-state index < -0.39 is 0 Å².